The van der Waals surface area contributed by atoms with Gasteiger partial charge in [0.2, 0.25) is 0 Å². The highest BCUT2D eigenvalue weighted by Gasteiger charge is 2.30. The molecule has 2 atom stereocenters. The van der Waals surface area contributed by atoms with Crippen molar-refractivity contribution in [3.63, 3.8) is 0 Å². The van der Waals surface area contributed by atoms with Crippen LogP contribution in [-0.2, 0) is 14.3 Å². The second-order valence-corrected chi connectivity index (χ2v) is 5.68. The van der Waals surface area contributed by atoms with Gasteiger partial charge in [-0.2, -0.15) is 0 Å². The molecule has 0 aliphatic carbocycles. The molecule has 1 aliphatic rings. The average Bonchev–Trinajstić information content (AvgIpc) is 2.61. The Hall–Kier alpha value is -2.08. The lowest BCUT2D eigenvalue weighted by Crippen LogP contribution is -2.48. The third kappa shape index (κ3) is 4.69. The van der Waals surface area contributed by atoms with E-state index in [-0.39, 0.29) is 24.0 Å². The lowest BCUT2D eigenvalue weighted by atomic mass is 9.98. The molecule has 0 radical (unpaired) electrons. The van der Waals surface area contributed by atoms with Crippen molar-refractivity contribution in [3.8, 4) is 0 Å². The Morgan fingerprint density at radius 1 is 1.30 bits per heavy atom. The standard InChI is InChI=1S/C17H24N2O4/c1-22-12-15(13-7-4-3-5-8-13)18-17(21)19-10-6-9-14(11-19)16(20)23-2/h3-5,7-8,14-15H,6,9-12H2,1-2H3,(H,18,21)/t14-,15-/m0/s1. The molecule has 0 aromatic heterocycles. The average molecular weight is 320 g/mol. The minimum atomic E-state index is -0.251. The van der Waals surface area contributed by atoms with Gasteiger partial charge in [-0.15, -0.1) is 0 Å². The number of nitrogens with zero attached hydrogens (tertiary/aromatic N) is 1. The molecule has 1 aromatic rings. The summed E-state index contributed by atoms with van der Waals surface area (Å²) in [6.07, 6.45) is 1.56. The fourth-order valence-corrected chi connectivity index (χ4v) is 2.83. The van der Waals surface area contributed by atoms with Gasteiger partial charge in [-0.25, -0.2) is 4.79 Å². The van der Waals surface area contributed by atoms with Crippen molar-refractivity contribution in [2.24, 2.45) is 5.92 Å². The summed E-state index contributed by atoms with van der Waals surface area (Å²) in [5.74, 6) is -0.490. The Balaban J connectivity index is 1.99. The number of amides is 2. The van der Waals surface area contributed by atoms with E-state index in [2.05, 4.69) is 5.32 Å². The van der Waals surface area contributed by atoms with Crippen molar-refractivity contribution >= 4 is 12.0 Å². The minimum Gasteiger partial charge on any atom is -0.469 e. The van der Waals surface area contributed by atoms with Crippen molar-refractivity contribution in [2.45, 2.75) is 18.9 Å². The van der Waals surface area contributed by atoms with Gasteiger partial charge in [-0.3, -0.25) is 4.79 Å². The van der Waals surface area contributed by atoms with Gasteiger partial charge in [0.25, 0.3) is 0 Å². The topological polar surface area (TPSA) is 67.9 Å². The summed E-state index contributed by atoms with van der Waals surface area (Å²) in [6.45, 7) is 1.44. The highest BCUT2D eigenvalue weighted by atomic mass is 16.5. The lowest BCUT2D eigenvalue weighted by molar-refractivity contribution is -0.146. The predicted molar refractivity (Wildman–Crippen MR) is 85.9 cm³/mol. The minimum absolute atomic E-state index is 0.176. The van der Waals surface area contributed by atoms with Crippen LogP contribution in [0, 0.1) is 5.92 Å². The van der Waals surface area contributed by atoms with Crippen molar-refractivity contribution < 1.29 is 19.1 Å². The highest BCUT2D eigenvalue weighted by Crippen LogP contribution is 2.19. The van der Waals surface area contributed by atoms with Gasteiger partial charge < -0.3 is 19.7 Å². The van der Waals surface area contributed by atoms with E-state index in [1.165, 1.54) is 7.11 Å². The molecule has 1 saturated heterocycles. The van der Waals surface area contributed by atoms with Crippen LogP contribution >= 0.6 is 0 Å². The number of nitrogens with one attached hydrogen (secondary N) is 1. The number of benzene rings is 1. The van der Waals surface area contributed by atoms with E-state index < -0.39 is 0 Å². The molecule has 23 heavy (non-hydrogen) atoms. The van der Waals surface area contributed by atoms with Gasteiger partial charge in [-0.1, -0.05) is 30.3 Å². The zero-order chi connectivity index (χ0) is 16.7. The number of esters is 1. The number of hydrogen-bond donors (Lipinski definition) is 1. The summed E-state index contributed by atoms with van der Waals surface area (Å²) >= 11 is 0. The van der Waals surface area contributed by atoms with Crippen molar-refractivity contribution in [1.82, 2.24) is 10.2 Å². The molecule has 2 amide bonds. The molecule has 1 heterocycles. The van der Waals surface area contributed by atoms with Crippen LogP contribution in [0.5, 0.6) is 0 Å². The molecule has 6 nitrogen and oxygen atoms in total. The summed E-state index contributed by atoms with van der Waals surface area (Å²) in [4.78, 5) is 25.9. The second kappa shape index (κ2) is 8.53. The largest absolute Gasteiger partial charge is 0.469 e. The number of carbonyl (C=O) groups is 2. The van der Waals surface area contributed by atoms with E-state index in [1.54, 1.807) is 12.0 Å². The number of methoxy groups -OCH3 is 2. The van der Waals surface area contributed by atoms with Gasteiger partial charge in [0.15, 0.2) is 0 Å². The van der Waals surface area contributed by atoms with Gasteiger partial charge in [0, 0.05) is 20.2 Å². The molecule has 1 fully saturated rings. The maximum atomic E-state index is 12.5. The molecule has 126 valence electrons. The van der Waals surface area contributed by atoms with Crippen LogP contribution in [0.4, 0.5) is 4.79 Å². The maximum absolute atomic E-state index is 12.5. The zero-order valence-corrected chi connectivity index (χ0v) is 13.7. The number of carbonyl (C=O) groups excluding carboxylic acids is 2. The summed E-state index contributed by atoms with van der Waals surface area (Å²) in [7, 11) is 2.99. The number of likely N-dealkylation sites (tertiary alicyclic amines) is 1. The second-order valence-electron chi connectivity index (χ2n) is 5.68. The highest BCUT2D eigenvalue weighted by molar-refractivity contribution is 5.77. The monoisotopic (exact) mass is 320 g/mol. The summed E-state index contributed by atoms with van der Waals surface area (Å²) in [5, 5.41) is 2.99. The van der Waals surface area contributed by atoms with E-state index in [1.807, 2.05) is 30.3 Å². The summed E-state index contributed by atoms with van der Waals surface area (Å²) in [6, 6.07) is 9.31. The van der Waals surface area contributed by atoms with Crippen LogP contribution in [0.15, 0.2) is 30.3 Å². The Labute approximate surface area is 136 Å². The molecule has 1 N–H and O–H groups in total. The first-order valence-corrected chi connectivity index (χ1v) is 7.83. The first-order chi connectivity index (χ1) is 11.2. The first kappa shape index (κ1) is 17.3. The van der Waals surface area contributed by atoms with E-state index >= 15 is 0 Å². The Morgan fingerprint density at radius 2 is 2.04 bits per heavy atom. The van der Waals surface area contributed by atoms with Crippen LogP contribution < -0.4 is 5.32 Å². The van der Waals surface area contributed by atoms with Crippen molar-refractivity contribution in [2.75, 3.05) is 33.9 Å². The maximum Gasteiger partial charge on any atom is 0.317 e. The quantitative estimate of drug-likeness (QED) is 0.842. The van der Waals surface area contributed by atoms with E-state index in [9.17, 15) is 9.59 Å². The molecule has 0 unspecified atom stereocenters. The fourth-order valence-electron chi connectivity index (χ4n) is 2.83. The Kier molecular flexibility index (Phi) is 6.40. The number of urea groups is 1. The zero-order valence-electron chi connectivity index (χ0n) is 13.7. The van der Waals surface area contributed by atoms with Crippen LogP contribution in [0.3, 0.4) is 0 Å². The van der Waals surface area contributed by atoms with Crippen molar-refractivity contribution in [1.29, 1.82) is 0 Å². The van der Waals surface area contributed by atoms with E-state index in [0.29, 0.717) is 19.7 Å². The molecular weight excluding hydrogens is 296 g/mol. The molecule has 0 saturated carbocycles. The third-order valence-corrected chi connectivity index (χ3v) is 4.08. The molecule has 1 aliphatic heterocycles. The molecule has 2 rings (SSSR count). The van der Waals surface area contributed by atoms with Crippen LogP contribution in [0.1, 0.15) is 24.4 Å². The third-order valence-electron chi connectivity index (χ3n) is 4.08. The summed E-state index contributed by atoms with van der Waals surface area (Å²) in [5.41, 5.74) is 0.990. The number of piperidine rings is 1. The SMILES string of the molecule is COC[C@H](NC(=O)N1CCC[C@H](C(=O)OC)C1)c1ccccc1. The van der Waals surface area contributed by atoms with Gasteiger partial charge in [0.05, 0.1) is 25.7 Å². The predicted octanol–water partition coefficient (Wildman–Crippen LogP) is 1.97. The number of ether oxygens (including phenoxy) is 2. The lowest BCUT2D eigenvalue weighted by Gasteiger charge is -2.32. The first-order valence-electron chi connectivity index (χ1n) is 7.83. The van der Waals surface area contributed by atoms with Crippen LogP contribution in [-0.4, -0.2) is 50.8 Å². The fraction of sp³-hybridized carbons (Fsp3) is 0.529. The molecule has 1 aromatic carbocycles. The normalized spacial score (nSPS) is 19.0. The summed E-state index contributed by atoms with van der Waals surface area (Å²) < 4.78 is 10.0. The molecule has 0 spiro atoms. The van der Waals surface area contributed by atoms with Crippen LogP contribution in [0.2, 0.25) is 0 Å². The van der Waals surface area contributed by atoms with E-state index in [0.717, 1.165) is 18.4 Å². The molecule has 6 heteroatoms. The van der Waals surface area contributed by atoms with E-state index in [4.69, 9.17) is 9.47 Å². The molecule has 0 bridgehead atoms. The number of rotatable bonds is 5. The van der Waals surface area contributed by atoms with Gasteiger partial charge in [0.1, 0.15) is 0 Å². The smallest absolute Gasteiger partial charge is 0.317 e. The van der Waals surface area contributed by atoms with Gasteiger partial charge in [-0.05, 0) is 18.4 Å². The van der Waals surface area contributed by atoms with Crippen molar-refractivity contribution in [3.05, 3.63) is 35.9 Å². The van der Waals surface area contributed by atoms with Gasteiger partial charge >= 0.3 is 12.0 Å². The Morgan fingerprint density at radius 3 is 2.70 bits per heavy atom. The van der Waals surface area contributed by atoms with Crippen LogP contribution in [0.25, 0.3) is 0 Å². The number of hydrogen-bond acceptors (Lipinski definition) is 4. The Bertz CT molecular complexity index is 521. The molecular formula is C17H24N2O4.